The number of fused-ring (bicyclic) bond motifs is 1. The number of rotatable bonds is 18. The van der Waals surface area contributed by atoms with Crippen LogP contribution in [-0.2, 0) is 46.3 Å². The number of nitrogens with zero attached hydrogens (tertiary/aromatic N) is 1. The number of ketones is 2. The summed E-state index contributed by atoms with van der Waals surface area (Å²) < 4.78 is 5.68. The highest BCUT2D eigenvalue weighted by molar-refractivity contribution is 8.77. The molecule has 0 saturated carbocycles. The summed E-state index contributed by atoms with van der Waals surface area (Å²) in [4.78, 5) is 83.8. The van der Waals surface area contributed by atoms with Crippen molar-refractivity contribution in [1.29, 1.82) is 0 Å². The second-order valence-electron chi connectivity index (χ2n) is 14.4. The van der Waals surface area contributed by atoms with Crippen molar-refractivity contribution in [3.05, 3.63) is 71.9 Å². The number of Topliss-reactive ketones (excluding diaryl/α,β-unsaturated/α-hetero) is 2. The van der Waals surface area contributed by atoms with Gasteiger partial charge in [0.05, 0.1) is 5.92 Å². The molecule has 3 N–H and O–H groups in total. The normalized spacial score (nSPS) is 16.9. The van der Waals surface area contributed by atoms with E-state index < -0.39 is 59.6 Å². The van der Waals surface area contributed by atoms with Gasteiger partial charge < -0.3 is 29.8 Å². The van der Waals surface area contributed by atoms with Crippen LogP contribution >= 0.6 is 21.6 Å². The maximum atomic E-state index is 14.3. The topological polar surface area (TPSA) is 163 Å². The van der Waals surface area contributed by atoms with Crippen LogP contribution in [0.5, 0.6) is 0 Å². The van der Waals surface area contributed by atoms with Crippen LogP contribution < -0.4 is 5.32 Å². The summed E-state index contributed by atoms with van der Waals surface area (Å²) in [5.74, 6) is -4.92. The zero-order chi connectivity index (χ0) is 38.0. The predicted octanol–water partition coefficient (Wildman–Crippen LogP) is 5.80. The van der Waals surface area contributed by atoms with Gasteiger partial charge in [-0.2, -0.15) is 0 Å². The number of aromatic amines is 1. The minimum atomic E-state index is -1.24. The molecule has 280 valence electrons. The van der Waals surface area contributed by atoms with Crippen molar-refractivity contribution in [2.45, 2.75) is 96.1 Å². The molecule has 5 atom stereocenters. The average Bonchev–Trinajstić information content (AvgIpc) is 3.74. The Labute approximate surface area is 312 Å². The monoisotopic (exact) mass is 751 g/mol. The molecule has 2 aromatic carbocycles. The fourth-order valence-corrected chi connectivity index (χ4v) is 8.63. The van der Waals surface area contributed by atoms with E-state index >= 15 is 0 Å². The molecule has 0 spiro atoms. The number of nitrogens with one attached hydrogen (secondary N) is 2. The van der Waals surface area contributed by atoms with Crippen LogP contribution in [0.1, 0.15) is 71.4 Å². The minimum absolute atomic E-state index is 0.00781. The highest BCUT2D eigenvalue weighted by Gasteiger charge is 2.41. The predicted molar refractivity (Wildman–Crippen MR) is 204 cm³/mol. The summed E-state index contributed by atoms with van der Waals surface area (Å²) >= 11 is 0. The van der Waals surface area contributed by atoms with Gasteiger partial charge in [0.2, 0.25) is 11.8 Å². The van der Waals surface area contributed by atoms with Crippen LogP contribution in [0, 0.1) is 11.8 Å². The molecule has 1 saturated heterocycles. The third kappa shape index (κ3) is 11.7. The molecular weight excluding hydrogens is 703 g/mol. The van der Waals surface area contributed by atoms with Crippen LogP contribution in [0.2, 0.25) is 0 Å². The molecule has 0 aliphatic carbocycles. The van der Waals surface area contributed by atoms with Crippen molar-refractivity contribution in [3.8, 4) is 0 Å². The number of aliphatic carboxylic acids is 1. The Morgan fingerprint density at radius 1 is 1.00 bits per heavy atom. The zero-order valence-electron chi connectivity index (χ0n) is 30.4. The first-order valence-corrected chi connectivity index (χ1v) is 19.9. The van der Waals surface area contributed by atoms with E-state index in [0.717, 1.165) is 22.0 Å². The molecule has 4 rings (SSSR count). The first-order valence-electron chi connectivity index (χ1n) is 17.6. The fraction of sp³-hybridized carbons (Fsp3) is 0.487. The number of carbonyl (C=O) groups is 6. The number of H-pyrrole nitrogens is 1. The third-order valence-electron chi connectivity index (χ3n) is 8.82. The number of carboxylic acids is 1. The number of esters is 1. The van der Waals surface area contributed by atoms with Crippen molar-refractivity contribution in [2.24, 2.45) is 11.8 Å². The second kappa shape index (κ2) is 18.6. The molecule has 13 heteroatoms. The summed E-state index contributed by atoms with van der Waals surface area (Å²) in [5.41, 5.74) is 2.54. The largest absolute Gasteiger partial charge is 0.481 e. The number of carbonyl (C=O) groups excluding carboxylic acids is 5. The number of hydrogen-bond donors (Lipinski definition) is 3. The van der Waals surface area contributed by atoms with Gasteiger partial charge in [-0.3, -0.25) is 19.2 Å². The molecule has 1 aromatic heterocycles. The fourth-order valence-electron chi connectivity index (χ4n) is 6.18. The van der Waals surface area contributed by atoms with Crippen LogP contribution in [0.25, 0.3) is 10.9 Å². The van der Waals surface area contributed by atoms with E-state index in [4.69, 9.17) is 4.74 Å². The lowest BCUT2D eigenvalue weighted by Crippen LogP contribution is -2.54. The molecule has 2 amide bonds. The smallest absolute Gasteiger partial charge is 0.329 e. The molecule has 1 aliphatic heterocycles. The molecule has 0 bridgehead atoms. The maximum absolute atomic E-state index is 14.3. The molecule has 2 heterocycles. The van der Waals surface area contributed by atoms with Gasteiger partial charge in [0.15, 0.2) is 11.9 Å². The lowest BCUT2D eigenvalue weighted by molar-refractivity contribution is -0.162. The van der Waals surface area contributed by atoms with Gasteiger partial charge in [0.1, 0.15) is 17.9 Å². The zero-order valence-corrected chi connectivity index (χ0v) is 32.0. The minimum Gasteiger partial charge on any atom is -0.481 e. The number of likely N-dealkylation sites (tertiary alicyclic amines) is 1. The van der Waals surface area contributed by atoms with Gasteiger partial charge in [-0.05, 0) is 43.4 Å². The first kappa shape index (κ1) is 40.7. The van der Waals surface area contributed by atoms with Crippen LogP contribution in [-0.4, -0.2) is 85.5 Å². The molecule has 52 heavy (non-hydrogen) atoms. The van der Waals surface area contributed by atoms with Crippen LogP contribution in [0.3, 0.4) is 0 Å². The Morgan fingerprint density at radius 2 is 1.69 bits per heavy atom. The van der Waals surface area contributed by atoms with Crippen LogP contribution in [0.15, 0.2) is 60.8 Å². The van der Waals surface area contributed by atoms with Crippen molar-refractivity contribution in [1.82, 2.24) is 15.2 Å². The van der Waals surface area contributed by atoms with E-state index in [-0.39, 0.29) is 48.5 Å². The number of ether oxygens (including phenoxy) is 1. The van der Waals surface area contributed by atoms with Gasteiger partial charge in [0, 0.05) is 59.3 Å². The molecule has 0 unspecified atom stereocenters. The number of para-hydroxylation sites is 1. The van der Waals surface area contributed by atoms with Gasteiger partial charge >= 0.3 is 11.9 Å². The Kier molecular flexibility index (Phi) is 14.5. The van der Waals surface area contributed by atoms with Gasteiger partial charge in [-0.25, -0.2) is 4.79 Å². The Hall–Kier alpha value is -4.10. The highest BCUT2D eigenvalue weighted by Crippen LogP contribution is 2.36. The third-order valence-corrected chi connectivity index (χ3v) is 12.2. The summed E-state index contributed by atoms with van der Waals surface area (Å²) in [7, 11) is 3.00. The summed E-state index contributed by atoms with van der Waals surface area (Å²) in [5, 5.41) is 13.3. The quantitative estimate of drug-likeness (QED) is 0.107. The van der Waals surface area contributed by atoms with Crippen molar-refractivity contribution in [2.75, 3.05) is 12.3 Å². The number of amides is 2. The Balaban J connectivity index is 1.54. The molecule has 1 fully saturated rings. The van der Waals surface area contributed by atoms with Gasteiger partial charge in [-0.1, -0.05) is 97.8 Å². The lowest BCUT2D eigenvalue weighted by atomic mass is 9.93. The van der Waals surface area contributed by atoms with Gasteiger partial charge in [0.25, 0.3) is 0 Å². The van der Waals surface area contributed by atoms with E-state index in [1.165, 1.54) is 29.5 Å². The Morgan fingerprint density at radius 3 is 2.37 bits per heavy atom. The SMILES string of the molecule is CC(=O)C[C@@H](Cc1c[nH]c2ccccc12)C(=O)N[C@@H](CSSC(C)(C)C)C(=O)N1CCC[C@H]1C(=O)O[C@H](Cc1ccccc1)C(=O)C[C@@H](C)C(=O)O. The molecule has 3 aromatic rings. The Bertz CT molecular complexity index is 1740. The number of aromatic nitrogens is 1. The molecule has 11 nitrogen and oxygen atoms in total. The molecule has 1 aliphatic rings. The number of hydrogen-bond acceptors (Lipinski definition) is 9. The molecular formula is C39H49N3O8S2. The van der Waals surface area contributed by atoms with Gasteiger partial charge in [-0.15, -0.1) is 0 Å². The van der Waals surface area contributed by atoms with E-state index in [2.05, 4.69) is 10.3 Å². The lowest BCUT2D eigenvalue weighted by Gasteiger charge is -2.30. The maximum Gasteiger partial charge on any atom is 0.329 e. The number of carboxylic acid groups (broad SMARTS) is 1. The standard InChI is InChI=1S/C39H49N3O8S2/c1-24(37(47)48)18-33(44)34(20-26-12-7-6-8-13-26)50-38(49)32-16-11-17-42(32)36(46)31(23-51-52-39(3,4)5)41-35(45)27(19-25(2)43)21-28-22-40-30-15-10-9-14-29(28)30/h6-10,12-15,22,24,27,31-32,34,40H,11,16-21,23H2,1-5H3,(H,41,45)(H,47,48)/t24-,27+,31+,32+,34-/m1/s1. The summed E-state index contributed by atoms with van der Waals surface area (Å²) in [6.07, 6.45) is 1.44. The molecule has 0 radical (unpaired) electrons. The van der Waals surface area contributed by atoms with Crippen molar-refractivity contribution >= 4 is 67.8 Å². The summed E-state index contributed by atoms with van der Waals surface area (Å²) in [6.45, 7) is 9.24. The number of benzene rings is 2. The summed E-state index contributed by atoms with van der Waals surface area (Å²) in [6, 6.07) is 14.7. The average molecular weight is 752 g/mol. The van der Waals surface area contributed by atoms with Crippen molar-refractivity contribution in [3.63, 3.8) is 0 Å². The van der Waals surface area contributed by atoms with E-state index in [1.807, 2.05) is 57.3 Å². The van der Waals surface area contributed by atoms with Crippen LogP contribution in [0.4, 0.5) is 0 Å². The van der Waals surface area contributed by atoms with E-state index in [9.17, 15) is 33.9 Å². The first-order chi connectivity index (χ1) is 24.6. The second-order valence-corrected chi connectivity index (χ2v) is 17.6. The van der Waals surface area contributed by atoms with E-state index in [0.29, 0.717) is 12.8 Å². The van der Waals surface area contributed by atoms with E-state index in [1.54, 1.807) is 35.1 Å². The highest BCUT2D eigenvalue weighted by atomic mass is 33.1. The van der Waals surface area contributed by atoms with Crippen molar-refractivity contribution < 1.29 is 38.6 Å².